The van der Waals surface area contributed by atoms with Crippen molar-refractivity contribution in [3.8, 4) is 0 Å². The van der Waals surface area contributed by atoms with Crippen LogP contribution in [0.25, 0.3) is 0 Å². The molecule has 134 valence electrons. The smallest absolute Gasteiger partial charge is 0.251 e. The summed E-state index contributed by atoms with van der Waals surface area (Å²) in [5.41, 5.74) is 2.27. The zero-order chi connectivity index (χ0) is 18.2. The largest absolute Gasteiger partial charge is 0.373 e. The van der Waals surface area contributed by atoms with E-state index in [1.807, 2.05) is 38.1 Å². The van der Waals surface area contributed by atoms with Crippen molar-refractivity contribution in [2.24, 2.45) is 0 Å². The molecule has 2 aromatic rings. The van der Waals surface area contributed by atoms with Crippen molar-refractivity contribution in [1.82, 2.24) is 9.97 Å². The molecule has 25 heavy (non-hydrogen) atoms. The highest BCUT2D eigenvalue weighted by atomic mass is 32.2. The highest BCUT2D eigenvalue weighted by Gasteiger charge is 2.08. The highest BCUT2D eigenvalue weighted by Crippen LogP contribution is 2.14. The van der Waals surface area contributed by atoms with Gasteiger partial charge >= 0.3 is 0 Å². The molecule has 1 aromatic carbocycles. The quantitative estimate of drug-likeness (QED) is 0.558. The van der Waals surface area contributed by atoms with Crippen LogP contribution in [0.2, 0.25) is 0 Å². The number of thioether (sulfide) groups is 1. The van der Waals surface area contributed by atoms with E-state index < -0.39 is 0 Å². The monoisotopic (exact) mass is 361 g/mol. The standard InChI is InChI=1S/C18H23N3O3S/c1-4-13-5-7-14(8-6-13)19-17(23)11-25-18-20-15(9-16(22)21-18)10-24-12(2)3/h5-9,12H,4,10-11H2,1-3H3,(H,19,23)(H,20,21,22). The van der Waals surface area contributed by atoms with Crippen molar-refractivity contribution in [2.75, 3.05) is 11.1 Å². The van der Waals surface area contributed by atoms with Crippen LogP contribution in [0.5, 0.6) is 0 Å². The zero-order valence-electron chi connectivity index (χ0n) is 14.7. The summed E-state index contributed by atoms with van der Waals surface area (Å²) in [6.45, 7) is 6.18. The minimum Gasteiger partial charge on any atom is -0.373 e. The molecule has 0 unspecified atom stereocenters. The number of benzene rings is 1. The molecule has 2 rings (SSSR count). The van der Waals surface area contributed by atoms with Crippen LogP contribution in [0.1, 0.15) is 32.0 Å². The summed E-state index contributed by atoms with van der Waals surface area (Å²) >= 11 is 1.18. The lowest BCUT2D eigenvalue weighted by Gasteiger charge is -2.08. The van der Waals surface area contributed by atoms with Crippen molar-refractivity contribution in [1.29, 1.82) is 0 Å². The van der Waals surface area contributed by atoms with Gasteiger partial charge in [0, 0.05) is 11.8 Å². The van der Waals surface area contributed by atoms with E-state index in [1.54, 1.807) is 0 Å². The Kier molecular flexibility index (Phi) is 7.21. The molecule has 0 saturated carbocycles. The van der Waals surface area contributed by atoms with Gasteiger partial charge < -0.3 is 15.0 Å². The Morgan fingerprint density at radius 1 is 1.32 bits per heavy atom. The summed E-state index contributed by atoms with van der Waals surface area (Å²) in [6.07, 6.45) is 1.02. The van der Waals surface area contributed by atoms with Gasteiger partial charge in [0.15, 0.2) is 5.16 Å². The van der Waals surface area contributed by atoms with E-state index in [9.17, 15) is 9.59 Å². The van der Waals surface area contributed by atoms with Crippen molar-refractivity contribution >= 4 is 23.4 Å². The number of nitrogens with one attached hydrogen (secondary N) is 2. The van der Waals surface area contributed by atoms with Crippen molar-refractivity contribution in [3.63, 3.8) is 0 Å². The number of rotatable bonds is 8. The fourth-order valence-electron chi connectivity index (χ4n) is 2.03. The normalized spacial score (nSPS) is 10.9. The Labute approximate surface area is 151 Å². The summed E-state index contributed by atoms with van der Waals surface area (Å²) in [7, 11) is 0. The van der Waals surface area contributed by atoms with Crippen LogP contribution in [0.4, 0.5) is 5.69 Å². The van der Waals surface area contributed by atoms with Gasteiger partial charge in [0.05, 0.1) is 24.2 Å². The first kappa shape index (κ1) is 19.2. The Morgan fingerprint density at radius 3 is 2.68 bits per heavy atom. The second-order valence-electron chi connectivity index (χ2n) is 5.79. The van der Waals surface area contributed by atoms with Gasteiger partial charge in [-0.1, -0.05) is 30.8 Å². The minimum atomic E-state index is -0.254. The maximum absolute atomic E-state index is 12.0. The van der Waals surface area contributed by atoms with Gasteiger partial charge in [-0.3, -0.25) is 9.59 Å². The number of aromatic nitrogens is 2. The second-order valence-corrected chi connectivity index (χ2v) is 6.75. The molecule has 0 radical (unpaired) electrons. The van der Waals surface area contributed by atoms with Crippen LogP contribution in [-0.2, 0) is 22.6 Å². The molecule has 6 nitrogen and oxygen atoms in total. The maximum Gasteiger partial charge on any atom is 0.251 e. The number of H-pyrrole nitrogens is 1. The lowest BCUT2D eigenvalue weighted by Crippen LogP contribution is -2.16. The lowest BCUT2D eigenvalue weighted by atomic mass is 10.1. The number of anilines is 1. The number of amides is 1. The van der Waals surface area contributed by atoms with E-state index in [0.29, 0.717) is 10.9 Å². The molecule has 0 spiro atoms. The Hall–Kier alpha value is -2.12. The van der Waals surface area contributed by atoms with E-state index in [1.165, 1.54) is 23.4 Å². The van der Waals surface area contributed by atoms with Gasteiger partial charge in [-0.15, -0.1) is 0 Å². The third kappa shape index (κ3) is 6.72. The SMILES string of the molecule is CCc1ccc(NC(=O)CSc2nc(COC(C)C)cc(=O)[nH]2)cc1. The zero-order valence-corrected chi connectivity index (χ0v) is 15.5. The molecule has 1 amide bonds. The highest BCUT2D eigenvalue weighted by molar-refractivity contribution is 7.99. The van der Waals surface area contributed by atoms with Crippen LogP contribution < -0.4 is 10.9 Å². The summed E-state index contributed by atoms with van der Waals surface area (Å²) in [4.78, 5) is 30.7. The molecule has 0 saturated heterocycles. The summed E-state index contributed by atoms with van der Waals surface area (Å²) < 4.78 is 5.46. The summed E-state index contributed by atoms with van der Waals surface area (Å²) in [5.74, 6) is 0.00758. The first-order chi connectivity index (χ1) is 12.0. The van der Waals surface area contributed by atoms with Crippen LogP contribution in [-0.4, -0.2) is 27.7 Å². The Morgan fingerprint density at radius 2 is 2.04 bits per heavy atom. The molecular formula is C18H23N3O3S. The van der Waals surface area contributed by atoms with E-state index in [-0.39, 0.29) is 29.9 Å². The first-order valence-electron chi connectivity index (χ1n) is 8.19. The predicted octanol–water partition coefficient (Wildman–Crippen LogP) is 2.99. The lowest BCUT2D eigenvalue weighted by molar-refractivity contribution is -0.113. The minimum absolute atomic E-state index is 0.0575. The third-order valence-electron chi connectivity index (χ3n) is 3.32. The average Bonchev–Trinajstić information content (AvgIpc) is 2.58. The number of ether oxygens (including phenoxy) is 1. The number of hydrogen-bond donors (Lipinski definition) is 2. The third-order valence-corrected chi connectivity index (χ3v) is 4.20. The number of hydrogen-bond acceptors (Lipinski definition) is 5. The molecule has 0 fully saturated rings. The Balaban J connectivity index is 1.91. The molecule has 0 aliphatic heterocycles. The number of carbonyl (C=O) groups is 1. The summed E-state index contributed by atoms with van der Waals surface area (Å²) in [5, 5.41) is 3.24. The first-order valence-corrected chi connectivity index (χ1v) is 9.18. The van der Waals surface area contributed by atoms with Gasteiger partial charge in [-0.25, -0.2) is 4.98 Å². The van der Waals surface area contributed by atoms with Crippen LogP contribution in [0.15, 0.2) is 40.3 Å². The molecule has 0 aliphatic rings. The number of aryl methyl sites for hydroxylation is 1. The van der Waals surface area contributed by atoms with Crippen molar-refractivity contribution < 1.29 is 9.53 Å². The number of carbonyl (C=O) groups excluding carboxylic acids is 1. The molecule has 1 aromatic heterocycles. The average molecular weight is 361 g/mol. The topological polar surface area (TPSA) is 84.1 Å². The molecular weight excluding hydrogens is 338 g/mol. The van der Waals surface area contributed by atoms with Gasteiger partial charge in [-0.2, -0.15) is 0 Å². The van der Waals surface area contributed by atoms with Crippen LogP contribution in [0, 0.1) is 0 Å². The van der Waals surface area contributed by atoms with Crippen LogP contribution >= 0.6 is 11.8 Å². The predicted molar refractivity (Wildman–Crippen MR) is 100.0 cm³/mol. The molecule has 0 atom stereocenters. The van der Waals surface area contributed by atoms with Gasteiger partial charge in [-0.05, 0) is 38.0 Å². The number of aromatic amines is 1. The van der Waals surface area contributed by atoms with Gasteiger partial charge in [0.25, 0.3) is 5.56 Å². The van der Waals surface area contributed by atoms with Crippen LogP contribution in [0.3, 0.4) is 0 Å². The molecule has 0 aliphatic carbocycles. The van der Waals surface area contributed by atoms with Gasteiger partial charge in [0.2, 0.25) is 5.91 Å². The molecule has 1 heterocycles. The van der Waals surface area contributed by atoms with E-state index in [4.69, 9.17) is 4.74 Å². The fraction of sp³-hybridized carbons (Fsp3) is 0.389. The van der Waals surface area contributed by atoms with Crippen molar-refractivity contribution in [2.45, 2.75) is 45.1 Å². The molecule has 0 bridgehead atoms. The summed E-state index contributed by atoms with van der Waals surface area (Å²) in [6, 6.07) is 9.14. The van der Waals surface area contributed by atoms with E-state index in [0.717, 1.165) is 12.1 Å². The molecule has 2 N–H and O–H groups in total. The Bertz CT molecular complexity index is 757. The maximum atomic E-state index is 12.0. The molecule has 7 heteroatoms. The van der Waals surface area contributed by atoms with Crippen molar-refractivity contribution in [3.05, 3.63) is 51.9 Å². The number of nitrogens with zero attached hydrogens (tertiary/aromatic N) is 1. The second kappa shape index (κ2) is 9.39. The van der Waals surface area contributed by atoms with E-state index in [2.05, 4.69) is 22.2 Å². The van der Waals surface area contributed by atoms with Gasteiger partial charge in [0.1, 0.15) is 0 Å². The fourth-order valence-corrected chi connectivity index (χ4v) is 2.73. The van der Waals surface area contributed by atoms with E-state index >= 15 is 0 Å².